The zero-order chi connectivity index (χ0) is 15.2. The summed E-state index contributed by atoms with van der Waals surface area (Å²) < 4.78 is 0. The van der Waals surface area contributed by atoms with Crippen molar-refractivity contribution in [1.82, 2.24) is 15.2 Å². The van der Waals surface area contributed by atoms with Crippen LogP contribution in [-0.2, 0) is 0 Å². The van der Waals surface area contributed by atoms with Gasteiger partial charge in [0.15, 0.2) is 5.82 Å². The molecule has 0 unspecified atom stereocenters. The number of aryl methyl sites for hydroxylation is 1. The molecule has 0 spiro atoms. The van der Waals surface area contributed by atoms with Crippen molar-refractivity contribution in [2.45, 2.75) is 26.7 Å². The highest BCUT2D eigenvalue weighted by Gasteiger charge is 2.06. The quantitative estimate of drug-likeness (QED) is 0.879. The largest absolute Gasteiger partial charge is 0.343 e. The smallest absolute Gasteiger partial charge is 0.247 e. The first kappa shape index (κ1) is 15.5. The minimum Gasteiger partial charge on any atom is -0.343 e. The van der Waals surface area contributed by atoms with Crippen molar-refractivity contribution in [3.05, 3.63) is 35.0 Å². The number of halogens is 1. The Balaban J connectivity index is 2.11. The Hall–Kier alpha value is -1.88. The van der Waals surface area contributed by atoms with Crippen molar-refractivity contribution in [1.29, 1.82) is 0 Å². The molecule has 5 nitrogen and oxygen atoms in total. The van der Waals surface area contributed by atoms with Gasteiger partial charge in [0.05, 0.1) is 6.20 Å². The van der Waals surface area contributed by atoms with Gasteiger partial charge in [0.25, 0.3) is 0 Å². The summed E-state index contributed by atoms with van der Waals surface area (Å²) in [4.78, 5) is 6.47. The number of nitrogens with zero attached hydrogens (tertiary/aromatic N) is 4. The summed E-state index contributed by atoms with van der Waals surface area (Å²) in [6.07, 6.45) is 3.84. The molecule has 21 heavy (non-hydrogen) atoms. The average molecular weight is 306 g/mol. The Labute approximate surface area is 130 Å². The van der Waals surface area contributed by atoms with Crippen molar-refractivity contribution in [2.24, 2.45) is 0 Å². The highest BCUT2D eigenvalue weighted by Crippen LogP contribution is 2.22. The second-order valence-electron chi connectivity index (χ2n) is 5.01. The Morgan fingerprint density at radius 2 is 2.14 bits per heavy atom. The fourth-order valence-corrected chi connectivity index (χ4v) is 2.01. The van der Waals surface area contributed by atoms with Gasteiger partial charge in [-0.05, 0) is 31.0 Å². The van der Waals surface area contributed by atoms with Crippen molar-refractivity contribution in [2.75, 3.05) is 23.8 Å². The third-order valence-corrected chi connectivity index (χ3v) is 3.59. The molecule has 0 saturated carbocycles. The summed E-state index contributed by atoms with van der Waals surface area (Å²) in [6, 6.07) is 5.80. The number of hydrogen-bond donors (Lipinski definition) is 1. The summed E-state index contributed by atoms with van der Waals surface area (Å²) in [5.41, 5.74) is 1.93. The monoisotopic (exact) mass is 305 g/mol. The van der Waals surface area contributed by atoms with Crippen molar-refractivity contribution >= 4 is 29.1 Å². The molecule has 1 aromatic carbocycles. The summed E-state index contributed by atoms with van der Waals surface area (Å²) in [7, 11) is 1.97. The van der Waals surface area contributed by atoms with E-state index in [1.165, 1.54) is 0 Å². The lowest BCUT2D eigenvalue weighted by molar-refractivity contribution is 0.741. The molecule has 2 rings (SSSR count). The third kappa shape index (κ3) is 4.29. The SMILES string of the molecule is CCCCN(C)c1nncc(Nc2ccc(C)c(Cl)c2)n1. The average Bonchev–Trinajstić information content (AvgIpc) is 2.49. The maximum atomic E-state index is 6.12. The Morgan fingerprint density at radius 3 is 2.86 bits per heavy atom. The molecular formula is C15H20ClN5. The lowest BCUT2D eigenvalue weighted by Gasteiger charge is -2.16. The van der Waals surface area contributed by atoms with Gasteiger partial charge >= 0.3 is 0 Å². The predicted octanol–water partition coefficient (Wildman–Crippen LogP) is 3.81. The molecule has 112 valence electrons. The van der Waals surface area contributed by atoms with E-state index in [0.717, 1.165) is 35.7 Å². The standard InChI is InChI=1S/C15H20ClN5/c1-4-5-8-21(3)15-19-14(10-17-20-15)18-12-7-6-11(2)13(16)9-12/h6-7,9-10H,4-5,8H2,1-3H3,(H,18,19,20). The molecule has 0 saturated heterocycles. The fraction of sp³-hybridized carbons (Fsp3) is 0.400. The molecule has 1 N–H and O–H groups in total. The van der Waals surface area contributed by atoms with Gasteiger partial charge in [0, 0.05) is 24.3 Å². The van der Waals surface area contributed by atoms with Gasteiger partial charge in [-0.1, -0.05) is 31.0 Å². The van der Waals surface area contributed by atoms with E-state index in [2.05, 4.69) is 27.4 Å². The van der Waals surface area contributed by atoms with Gasteiger partial charge in [-0.15, -0.1) is 5.10 Å². The van der Waals surface area contributed by atoms with Crippen LogP contribution in [0.2, 0.25) is 5.02 Å². The molecule has 2 aromatic rings. The van der Waals surface area contributed by atoms with Gasteiger partial charge in [-0.2, -0.15) is 10.1 Å². The molecular weight excluding hydrogens is 286 g/mol. The molecule has 0 atom stereocenters. The van der Waals surface area contributed by atoms with Crippen LogP contribution < -0.4 is 10.2 Å². The van der Waals surface area contributed by atoms with Gasteiger partial charge in [0.1, 0.15) is 0 Å². The van der Waals surface area contributed by atoms with Crippen molar-refractivity contribution in [3.8, 4) is 0 Å². The molecule has 0 aliphatic carbocycles. The third-order valence-electron chi connectivity index (χ3n) is 3.18. The van der Waals surface area contributed by atoms with Gasteiger partial charge in [-0.25, -0.2) is 0 Å². The van der Waals surface area contributed by atoms with Gasteiger partial charge in [0.2, 0.25) is 5.95 Å². The van der Waals surface area contributed by atoms with Crippen LogP contribution in [0, 0.1) is 6.92 Å². The lowest BCUT2D eigenvalue weighted by Crippen LogP contribution is -2.21. The zero-order valence-electron chi connectivity index (χ0n) is 12.6. The predicted molar refractivity (Wildman–Crippen MR) is 87.5 cm³/mol. The van der Waals surface area contributed by atoms with E-state index in [9.17, 15) is 0 Å². The fourth-order valence-electron chi connectivity index (χ4n) is 1.83. The Bertz CT molecular complexity index is 602. The van der Waals surface area contributed by atoms with Gasteiger partial charge < -0.3 is 10.2 Å². The number of anilines is 3. The Kier molecular flexibility index (Phi) is 5.33. The van der Waals surface area contributed by atoms with Crippen LogP contribution in [0.25, 0.3) is 0 Å². The van der Waals surface area contributed by atoms with E-state index >= 15 is 0 Å². The van der Waals surface area contributed by atoms with E-state index in [1.807, 2.05) is 37.1 Å². The number of unbranched alkanes of at least 4 members (excludes halogenated alkanes) is 1. The van der Waals surface area contributed by atoms with Crippen LogP contribution in [0.5, 0.6) is 0 Å². The topological polar surface area (TPSA) is 53.9 Å². The molecule has 0 radical (unpaired) electrons. The second kappa shape index (κ2) is 7.22. The van der Waals surface area contributed by atoms with E-state index in [0.29, 0.717) is 11.8 Å². The van der Waals surface area contributed by atoms with Crippen LogP contribution in [0.1, 0.15) is 25.3 Å². The van der Waals surface area contributed by atoms with Crippen LogP contribution >= 0.6 is 11.6 Å². The number of benzene rings is 1. The lowest BCUT2D eigenvalue weighted by atomic mass is 10.2. The van der Waals surface area contributed by atoms with E-state index < -0.39 is 0 Å². The molecule has 1 aromatic heterocycles. The van der Waals surface area contributed by atoms with E-state index in [4.69, 9.17) is 11.6 Å². The summed E-state index contributed by atoms with van der Waals surface area (Å²) in [5, 5.41) is 12.0. The normalized spacial score (nSPS) is 10.5. The number of rotatable bonds is 6. The number of hydrogen-bond acceptors (Lipinski definition) is 5. The molecule has 0 fully saturated rings. The first-order valence-electron chi connectivity index (χ1n) is 7.04. The minimum absolute atomic E-state index is 0.617. The number of aromatic nitrogens is 3. The van der Waals surface area contributed by atoms with E-state index in [-0.39, 0.29) is 0 Å². The van der Waals surface area contributed by atoms with Crippen molar-refractivity contribution in [3.63, 3.8) is 0 Å². The maximum Gasteiger partial charge on any atom is 0.247 e. The van der Waals surface area contributed by atoms with Gasteiger partial charge in [-0.3, -0.25) is 0 Å². The summed E-state index contributed by atoms with van der Waals surface area (Å²) in [6.45, 7) is 5.04. The first-order chi connectivity index (χ1) is 10.1. The first-order valence-corrected chi connectivity index (χ1v) is 7.42. The maximum absolute atomic E-state index is 6.12. The molecule has 0 aliphatic rings. The van der Waals surface area contributed by atoms with Crippen molar-refractivity contribution < 1.29 is 0 Å². The minimum atomic E-state index is 0.617. The highest BCUT2D eigenvalue weighted by molar-refractivity contribution is 6.31. The van der Waals surface area contributed by atoms with Crippen LogP contribution in [-0.4, -0.2) is 28.8 Å². The Morgan fingerprint density at radius 1 is 1.33 bits per heavy atom. The second-order valence-corrected chi connectivity index (χ2v) is 5.41. The summed E-state index contributed by atoms with van der Waals surface area (Å²) >= 11 is 6.12. The highest BCUT2D eigenvalue weighted by atomic mass is 35.5. The molecule has 0 bridgehead atoms. The molecule has 0 aliphatic heterocycles. The van der Waals surface area contributed by atoms with Crippen LogP contribution in [0.4, 0.5) is 17.5 Å². The molecule has 0 amide bonds. The molecule has 6 heteroatoms. The van der Waals surface area contributed by atoms with Crippen LogP contribution in [0.3, 0.4) is 0 Å². The zero-order valence-corrected chi connectivity index (χ0v) is 13.4. The summed E-state index contributed by atoms with van der Waals surface area (Å²) in [5.74, 6) is 1.27. The number of nitrogens with one attached hydrogen (secondary N) is 1. The van der Waals surface area contributed by atoms with Crippen LogP contribution in [0.15, 0.2) is 24.4 Å². The van der Waals surface area contributed by atoms with E-state index in [1.54, 1.807) is 6.20 Å². The molecule has 1 heterocycles.